The Bertz CT molecular complexity index is 860. The second-order valence-electron chi connectivity index (χ2n) is 8.24. The predicted molar refractivity (Wildman–Crippen MR) is 131 cm³/mol. The van der Waals surface area contributed by atoms with Crippen LogP contribution in [0.1, 0.15) is 29.9 Å². The van der Waals surface area contributed by atoms with Crippen molar-refractivity contribution in [3.63, 3.8) is 0 Å². The molecule has 0 aliphatic carbocycles. The number of carbonyl (C=O) groups is 3. The number of nitrogens with one attached hydrogen (secondary N) is 1. The van der Waals surface area contributed by atoms with Gasteiger partial charge in [-0.2, -0.15) is 0 Å². The molecule has 11 nitrogen and oxygen atoms in total. The molecule has 1 saturated heterocycles. The second-order valence-corrected chi connectivity index (χ2v) is 8.24. The Hall–Kier alpha value is -3.44. The summed E-state index contributed by atoms with van der Waals surface area (Å²) in [6, 6.07) is 8.07. The maximum absolute atomic E-state index is 12.1. The molecule has 11 heteroatoms. The van der Waals surface area contributed by atoms with Gasteiger partial charge in [-0.3, -0.25) is 19.3 Å². The van der Waals surface area contributed by atoms with Gasteiger partial charge in [0.05, 0.1) is 0 Å². The van der Waals surface area contributed by atoms with Gasteiger partial charge in [-0.1, -0.05) is 12.1 Å². The molecule has 3 rings (SSSR count). The fourth-order valence-corrected chi connectivity index (χ4v) is 3.50. The minimum Gasteiger partial charge on any atom is -0.484 e. The van der Waals surface area contributed by atoms with Crippen LogP contribution in [-0.4, -0.2) is 101 Å². The number of ether oxygens (including phenoxy) is 1. The lowest BCUT2D eigenvalue weighted by Crippen LogP contribution is -2.32. The Balaban J connectivity index is 0.000000926. The smallest absolute Gasteiger partial charge is 0.290 e. The molecule has 0 radical (unpaired) electrons. The lowest BCUT2D eigenvalue weighted by atomic mass is 10.2. The number of nitrogens with zero attached hydrogens (tertiary/aromatic N) is 4. The molecule has 1 aliphatic rings. The quantitative estimate of drug-likeness (QED) is 0.424. The molecule has 0 spiro atoms. The lowest BCUT2D eigenvalue weighted by molar-refractivity contribution is -0.132. The summed E-state index contributed by atoms with van der Waals surface area (Å²) < 4.78 is 5.69. The van der Waals surface area contributed by atoms with Crippen molar-refractivity contribution in [1.29, 1.82) is 0 Å². The molecule has 3 N–H and O–H groups in total. The Labute approximate surface area is 206 Å². The third-order valence-corrected chi connectivity index (χ3v) is 5.16. The van der Waals surface area contributed by atoms with Gasteiger partial charge in [-0.15, -0.1) is 0 Å². The number of carbonyl (C=O) groups excluding carboxylic acids is 1. The van der Waals surface area contributed by atoms with E-state index in [1.54, 1.807) is 0 Å². The normalized spacial score (nSPS) is 12.4. The Kier molecular flexibility index (Phi) is 14.4. The largest absolute Gasteiger partial charge is 0.484 e. The molecule has 194 valence electrons. The van der Waals surface area contributed by atoms with Gasteiger partial charge in [0.2, 0.25) is 0 Å². The Morgan fingerprint density at radius 3 is 2.20 bits per heavy atom. The van der Waals surface area contributed by atoms with Crippen LogP contribution in [0.15, 0.2) is 30.5 Å². The fraction of sp³-hybridized carbons (Fsp3) is 0.500. The van der Waals surface area contributed by atoms with E-state index in [9.17, 15) is 4.79 Å². The molecule has 1 aromatic carbocycles. The van der Waals surface area contributed by atoms with Crippen molar-refractivity contribution in [2.75, 3.05) is 46.9 Å². The number of hydrogen-bond acceptors (Lipinski definition) is 7. The van der Waals surface area contributed by atoms with E-state index in [1.165, 1.54) is 5.56 Å². The first kappa shape index (κ1) is 29.6. The van der Waals surface area contributed by atoms with Gasteiger partial charge in [0.15, 0.2) is 6.61 Å². The number of hydrogen-bond donors (Lipinski definition) is 3. The molecule has 1 amide bonds. The van der Waals surface area contributed by atoms with Crippen molar-refractivity contribution in [1.82, 2.24) is 24.7 Å². The van der Waals surface area contributed by atoms with Gasteiger partial charge in [-0.05, 0) is 51.6 Å². The predicted octanol–water partition coefficient (Wildman–Crippen LogP) is 1.68. The third kappa shape index (κ3) is 12.6. The number of imidazole rings is 1. The van der Waals surface area contributed by atoms with Gasteiger partial charge < -0.3 is 29.7 Å². The van der Waals surface area contributed by atoms with Gasteiger partial charge in [-0.25, -0.2) is 4.98 Å². The van der Waals surface area contributed by atoms with Gasteiger partial charge in [0, 0.05) is 51.2 Å². The number of aryl methyl sites for hydroxylation is 1. The lowest BCUT2D eigenvalue weighted by Gasteiger charge is -2.23. The molecule has 0 bridgehead atoms. The zero-order valence-corrected chi connectivity index (χ0v) is 20.7. The highest BCUT2D eigenvalue weighted by Gasteiger charge is 2.18. The van der Waals surface area contributed by atoms with Crippen LogP contribution < -0.4 is 4.74 Å². The van der Waals surface area contributed by atoms with Crippen LogP contribution in [0, 0.1) is 6.92 Å². The summed E-state index contributed by atoms with van der Waals surface area (Å²) in [5, 5.41) is 13.8. The molecule has 2 aromatic rings. The van der Waals surface area contributed by atoms with Crippen LogP contribution in [0.5, 0.6) is 5.75 Å². The van der Waals surface area contributed by atoms with E-state index in [0.29, 0.717) is 0 Å². The first-order chi connectivity index (χ1) is 16.8. The summed E-state index contributed by atoms with van der Waals surface area (Å²) in [5.41, 5.74) is 2.35. The second kappa shape index (κ2) is 17.1. The first-order valence-corrected chi connectivity index (χ1v) is 11.4. The number of amides is 1. The number of rotatable bonds is 10. The number of likely N-dealkylation sites (N-methyl/N-ethyl adjacent to an activating group) is 1. The minimum absolute atomic E-state index is 0.0799. The van der Waals surface area contributed by atoms with E-state index >= 15 is 0 Å². The summed E-state index contributed by atoms with van der Waals surface area (Å²) in [6.07, 6.45) is 4.11. The molecular formula is C24H37N5O6. The molecule has 0 unspecified atom stereocenters. The summed E-state index contributed by atoms with van der Waals surface area (Å²) in [5.74, 6) is 1.76. The highest BCUT2D eigenvalue weighted by atomic mass is 16.5. The monoisotopic (exact) mass is 491 g/mol. The molecule has 1 aliphatic heterocycles. The molecule has 0 saturated carbocycles. The number of H-pyrrole nitrogens is 1. The number of carboxylic acid groups (broad SMARTS) is 2. The molecule has 0 atom stereocenters. The number of aromatic nitrogens is 2. The number of aromatic amines is 1. The maximum atomic E-state index is 12.1. The minimum atomic E-state index is -0.250. The molecule has 35 heavy (non-hydrogen) atoms. The van der Waals surface area contributed by atoms with E-state index < -0.39 is 0 Å². The van der Waals surface area contributed by atoms with Gasteiger partial charge >= 0.3 is 0 Å². The van der Waals surface area contributed by atoms with Crippen LogP contribution in [-0.2, 0) is 27.5 Å². The molecule has 1 aromatic heterocycles. The fourth-order valence-electron chi connectivity index (χ4n) is 3.50. The first-order valence-electron chi connectivity index (χ1n) is 11.4. The highest BCUT2D eigenvalue weighted by molar-refractivity contribution is 5.78. The molecular weight excluding hydrogens is 454 g/mol. The highest BCUT2D eigenvalue weighted by Crippen LogP contribution is 2.16. The topological polar surface area (TPSA) is 139 Å². The Morgan fingerprint density at radius 2 is 1.69 bits per heavy atom. The van der Waals surface area contributed by atoms with Crippen LogP contribution in [0.2, 0.25) is 0 Å². The molecule has 2 heterocycles. The average Bonchev–Trinajstić information content (AvgIpc) is 3.50. The van der Waals surface area contributed by atoms with E-state index in [2.05, 4.69) is 46.0 Å². The zero-order valence-electron chi connectivity index (χ0n) is 20.7. The Morgan fingerprint density at radius 1 is 1.09 bits per heavy atom. The van der Waals surface area contributed by atoms with Crippen molar-refractivity contribution in [2.24, 2.45) is 0 Å². The summed E-state index contributed by atoms with van der Waals surface area (Å²) in [7, 11) is 4.18. The average molecular weight is 492 g/mol. The standard InChI is InChI=1S/C22H33N5O2.2CH2O2/c1-18-23-14-20(24-18)16-26(13-12-25(2)3)15-19-6-8-21(9-7-19)29-17-22(28)27-10-4-5-11-27;2*2-1-3/h6-9,14H,4-5,10-13,15-17H2,1-3H3,(H,23,24);2*1H,(H,2,3). The van der Waals surface area contributed by atoms with E-state index in [0.717, 1.165) is 69.4 Å². The van der Waals surface area contributed by atoms with Crippen LogP contribution >= 0.6 is 0 Å². The van der Waals surface area contributed by atoms with Crippen LogP contribution in [0.3, 0.4) is 0 Å². The number of likely N-dealkylation sites (tertiary alicyclic amines) is 1. The summed E-state index contributed by atoms with van der Waals surface area (Å²) >= 11 is 0. The van der Waals surface area contributed by atoms with Crippen molar-refractivity contribution in [2.45, 2.75) is 32.9 Å². The van der Waals surface area contributed by atoms with Crippen molar-refractivity contribution in [3.05, 3.63) is 47.5 Å². The van der Waals surface area contributed by atoms with Crippen LogP contribution in [0.25, 0.3) is 0 Å². The van der Waals surface area contributed by atoms with Crippen LogP contribution in [0.4, 0.5) is 0 Å². The number of benzene rings is 1. The van der Waals surface area contributed by atoms with E-state index in [-0.39, 0.29) is 25.5 Å². The van der Waals surface area contributed by atoms with Crippen molar-refractivity contribution < 1.29 is 29.3 Å². The summed E-state index contributed by atoms with van der Waals surface area (Å²) in [6.45, 7) is 6.95. The van der Waals surface area contributed by atoms with Crippen molar-refractivity contribution >= 4 is 18.9 Å². The van der Waals surface area contributed by atoms with Gasteiger partial charge in [0.25, 0.3) is 18.9 Å². The zero-order chi connectivity index (χ0) is 26.1. The van der Waals surface area contributed by atoms with Crippen molar-refractivity contribution in [3.8, 4) is 5.75 Å². The molecule has 1 fully saturated rings. The summed E-state index contributed by atoms with van der Waals surface area (Å²) in [4.78, 5) is 42.9. The van der Waals surface area contributed by atoms with Gasteiger partial charge in [0.1, 0.15) is 11.6 Å². The van der Waals surface area contributed by atoms with E-state index in [1.807, 2.05) is 30.2 Å². The maximum Gasteiger partial charge on any atom is 0.290 e. The van der Waals surface area contributed by atoms with E-state index in [4.69, 9.17) is 24.5 Å². The third-order valence-electron chi connectivity index (χ3n) is 5.16. The SMILES string of the molecule is Cc1ncc(CN(CCN(C)C)Cc2ccc(OCC(=O)N3CCCC3)cc2)[nH]1.O=CO.O=CO.